The maximum Gasteiger partial charge on any atom is 0.417 e. The number of nitrogens with one attached hydrogen (secondary N) is 1. The number of halogens is 4. The summed E-state index contributed by atoms with van der Waals surface area (Å²) in [6, 6.07) is 6.76. The number of hydrogen-bond acceptors (Lipinski definition) is 4. The average Bonchev–Trinajstić information content (AvgIpc) is 2.60. The lowest BCUT2D eigenvalue weighted by Gasteiger charge is -2.13. The molecule has 0 unspecified atom stereocenters. The molecular formula is C18H16F4N2O2S. The van der Waals surface area contributed by atoms with E-state index >= 15 is 0 Å². The van der Waals surface area contributed by atoms with E-state index in [0.717, 1.165) is 17.8 Å². The van der Waals surface area contributed by atoms with Crippen LogP contribution in [0.2, 0.25) is 0 Å². The van der Waals surface area contributed by atoms with Gasteiger partial charge in [0, 0.05) is 24.2 Å². The number of alkyl halides is 3. The summed E-state index contributed by atoms with van der Waals surface area (Å²) in [6.07, 6.45) is -3.70. The molecule has 0 saturated carbocycles. The lowest BCUT2D eigenvalue weighted by molar-refractivity contribution is -0.137. The van der Waals surface area contributed by atoms with Gasteiger partial charge >= 0.3 is 6.18 Å². The molecule has 0 aliphatic carbocycles. The number of ketones is 1. The third-order valence-electron chi connectivity index (χ3n) is 3.48. The Morgan fingerprint density at radius 3 is 2.37 bits per heavy atom. The largest absolute Gasteiger partial charge is 0.417 e. The van der Waals surface area contributed by atoms with Crippen molar-refractivity contribution in [2.75, 3.05) is 5.75 Å². The summed E-state index contributed by atoms with van der Waals surface area (Å²) in [5.41, 5.74) is -0.509. The fourth-order valence-electron chi connectivity index (χ4n) is 2.17. The minimum atomic E-state index is -4.46. The van der Waals surface area contributed by atoms with Gasteiger partial charge in [0.1, 0.15) is 5.82 Å². The summed E-state index contributed by atoms with van der Waals surface area (Å²) in [6.45, 7) is 1.65. The number of thioether (sulfide) groups is 1. The summed E-state index contributed by atoms with van der Waals surface area (Å²) >= 11 is 0.990. The molecule has 1 amide bonds. The second-order valence-electron chi connectivity index (χ2n) is 5.77. The number of Topliss-reactive ketones (excluding diaryl/α,β-unsaturated/α-hetero) is 1. The quantitative estimate of drug-likeness (QED) is 0.432. The van der Waals surface area contributed by atoms with Gasteiger partial charge in [0.2, 0.25) is 5.91 Å². The lowest BCUT2D eigenvalue weighted by Crippen LogP contribution is -2.35. The number of aromatic nitrogens is 1. The van der Waals surface area contributed by atoms with Gasteiger partial charge in [0.25, 0.3) is 0 Å². The number of pyridine rings is 1. The zero-order valence-electron chi connectivity index (χ0n) is 14.2. The van der Waals surface area contributed by atoms with Crippen LogP contribution in [0, 0.1) is 5.82 Å². The van der Waals surface area contributed by atoms with Crippen LogP contribution >= 0.6 is 11.8 Å². The summed E-state index contributed by atoms with van der Waals surface area (Å²) < 4.78 is 50.3. The molecule has 0 bridgehead atoms. The number of hydrogen-bond donors (Lipinski definition) is 1. The molecule has 0 fully saturated rings. The van der Waals surface area contributed by atoms with Gasteiger partial charge < -0.3 is 5.32 Å². The van der Waals surface area contributed by atoms with Gasteiger partial charge in [-0.3, -0.25) is 9.59 Å². The highest BCUT2D eigenvalue weighted by Crippen LogP contribution is 2.29. The molecular weight excluding hydrogens is 384 g/mol. The number of rotatable bonds is 7. The van der Waals surface area contributed by atoms with Crippen LogP contribution < -0.4 is 5.32 Å². The van der Waals surface area contributed by atoms with Gasteiger partial charge in [-0.25, -0.2) is 9.37 Å². The average molecular weight is 400 g/mol. The van der Waals surface area contributed by atoms with E-state index in [9.17, 15) is 27.2 Å². The fraction of sp³-hybridized carbons (Fsp3) is 0.278. The van der Waals surface area contributed by atoms with Crippen molar-refractivity contribution in [3.63, 3.8) is 0 Å². The van der Waals surface area contributed by atoms with Crippen LogP contribution in [0.5, 0.6) is 0 Å². The molecule has 1 heterocycles. The van der Waals surface area contributed by atoms with Crippen molar-refractivity contribution < 1.29 is 27.2 Å². The Hall–Kier alpha value is -2.42. The highest BCUT2D eigenvalue weighted by molar-refractivity contribution is 7.99. The van der Waals surface area contributed by atoms with Gasteiger partial charge in [-0.1, -0.05) is 11.8 Å². The fourth-order valence-corrected chi connectivity index (χ4v) is 2.83. The Labute approximate surface area is 157 Å². The lowest BCUT2D eigenvalue weighted by atomic mass is 10.0. The highest BCUT2D eigenvalue weighted by atomic mass is 32.2. The van der Waals surface area contributed by atoms with Crippen molar-refractivity contribution in [2.24, 2.45) is 0 Å². The van der Waals surface area contributed by atoms with Gasteiger partial charge in [0.05, 0.1) is 16.3 Å². The zero-order valence-corrected chi connectivity index (χ0v) is 15.0. The first kappa shape index (κ1) is 20.9. The Balaban J connectivity index is 1.79. The molecule has 1 N–H and O–H groups in total. The molecule has 27 heavy (non-hydrogen) atoms. The molecule has 0 saturated heterocycles. The Morgan fingerprint density at radius 1 is 1.15 bits per heavy atom. The van der Waals surface area contributed by atoms with Crippen molar-refractivity contribution in [2.45, 2.75) is 30.6 Å². The molecule has 9 heteroatoms. The highest BCUT2D eigenvalue weighted by Gasteiger charge is 2.30. The number of carbonyl (C=O) groups is 2. The van der Waals surface area contributed by atoms with Gasteiger partial charge in [-0.15, -0.1) is 0 Å². The number of amides is 1. The third-order valence-corrected chi connectivity index (χ3v) is 4.42. The first-order valence-electron chi connectivity index (χ1n) is 7.89. The maximum atomic E-state index is 12.9. The molecule has 144 valence electrons. The monoisotopic (exact) mass is 400 g/mol. The van der Waals surface area contributed by atoms with Crippen molar-refractivity contribution >= 4 is 23.5 Å². The Morgan fingerprint density at radius 2 is 1.81 bits per heavy atom. The molecule has 1 atom stereocenters. The van der Waals surface area contributed by atoms with Crippen LogP contribution in [0.25, 0.3) is 0 Å². The molecule has 1 aromatic heterocycles. The molecule has 0 aliphatic rings. The van der Waals surface area contributed by atoms with Crippen molar-refractivity contribution in [3.8, 4) is 0 Å². The second kappa shape index (κ2) is 8.98. The zero-order chi connectivity index (χ0) is 20.0. The normalized spacial score (nSPS) is 12.5. The summed E-state index contributed by atoms with van der Waals surface area (Å²) in [5.74, 6) is -1.10. The molecule has 0 aliphatic heterocycles. The van der Waals surface area contributed by atoms with Gasteiger partial charge in [-0.2, -0.15) is 13.2 Å². The first-order valence-corrected chi connectivity index (χ1v) is 8.88. The van der Waals surface area contributed by atoms with Crippen molar-refractivity contribution in [1.82, 2.24) is 10.3 Å². The number of benzene rings is 1. The predicted molar refractivity (Wildman–Crippen MR) is 92.9 cm³/mol. The molecule has 2 rings (SSSR count). The molecule has 0 spiro atoms. The maximum absolute atomic E-state index is 12.9. The van der Waals surface area contributed by atoms with E-state index in [-0.39, 0.29) is 28.9 Å². The van der Waals surface area contributed by atoms with Crippen LogP contribution in [0.4, 0.5) is 17.6 Å². The van der Waals surface area contributed by atoms with Crippen LogP contribution in [-0.4, -0.2) is 28.5 Å². The van der Waals surface area contributed by atoms with Gasteiger partial charge in [0.15, 0.2) is 5.78 Å². The predicted octanol–water partition coefficient (Wildman–Crippen LogP) is 4.11. The number of carbonyl (C=O) groups excluding carboxylic acids is 2. The second-order valence-corrected chi connectivity index (χ2v) is 6.77. The number of nitrogens with zero attached hydrogens (tertiary/aromatic N) is 1. The van der Waals surface area contributed by atoms with E-state index in [1.54, 1.807) is 6.92 Å². The topological polar surface area (TPSA) is 59.1 Å². The van der Waals surface area contributed by atoms with Crippen LogP contribution in [0.3, 0.4) is 0 Å². The van der Waals surface area contributed by atoms with Crippen molar-refractivity contribution in [3.05, 3.63) is 59.5 Å². The van der Waals surface area contributed by atoms with Crippen LogP contribution in [-0.2, 0) is 11.0 Å². The standard InChI is InChI=1S/C18H16F4N2O2S/c1-11(8-15(25)12-2-5-14(19)6-3-12)24-16(26)10-27-17-7-4-13(9-23-17)18(20,21)22/h2-7,9,11H,8,10H2,1H3,(H,24,26)/t11-/m1/s1. The van der Waals surface area contributed by atoms with Crippen molar-refractivity contribution in [1.29, 1.82) is 0 Å². The molecule has 0 radical (unpaired) electrons. The Bertz CT molecular complexity index is 793. The van der Waals surface area contributed by atoms with E-state index in [0.29, 0.717) is 11.8 Å². The summed E-state index contributed by atoms with van der Waals surface area (Å²) in [5, 5.41) is 2.92. The summed E-state index contributed by atoms with van der Waals surface area (Å²) in [4.78, 5) is 27.6. The van der Waals surface area contributed by atoms with E-state index in [1.165, 1.54) is 30.3 Å². The van der Waals surface area contributed by atoms with E-state index < -0.39 is 23.6 Å². The van der Waals surface area contributed by atoms with Crippen LogP contribution in [0.1, 0.15) is 29.3 Å². The van der Waals surface area contributed by atoms with E-state index in [4.69, 9.17) is 0 Å². The SMILES string of the molecule is C[C@H](CC(=O)c1ccc(F)cc1)NC(=O)CSc1ccc(C(F)(F)F)cn1. The van der Waals surface area contributed by atoms with E-state index in [2.05, 4.69) is 10.3 Å². The smallest absolute Gasteiger partial charge is 0.352 e. The Kier molecular flexibility index (Phi) is 6.95. The van der Waals surface area contributed by atoms with Gasteiger partial charge in [-0.05, 0) is 43.3 Å². The molecule has 1 aromatic carbocycles. The molecule has 4 nitrogen and oxygen atoms in total. The van der Waals surface area contributed by atoms with Crippen LogP contribution in [0.15, 0.2) is 47.6 Å². The summed E-state index contributed by atoms with van der Waals surface area (Å²) in [7, 11) is 0. The first-order chi connectivity index (χ1) is 12.6. The molecule has 2 aromatic rings. The minimum absolute atomic E-state index is 0.0422. The minimum Gasteiger partial charge on any atom is -0.352 e. The third kappa shape index (κ3) is 6.67. The van der Waals surface area contributed by atoms with E-state index in [1.807, 2.05) is 0 Å².